The Morgan fingerprint density at radius 1 is 0.900 bits per heavy atom. The molecule has 0 unspecified atom stereocenters. The van der Waals surface area contributed by atoms with Gasteiger partial charge in [0.25, 0.3) is 0 Å². The second-order valence-electron chi connectivity index (χ2n) is 6.97. The number of carbonyl (C=O) groups is 1. The molecule has 3 rings (SSSR count). The summed E-state index contributed by atoms with van der Waals surface area (Å²) in [5.41, 5.74) is 2.62. The Hall–Kier alpha value is -3.03. The van der Waals surface area contributed by atoms with Gasteiger partial charge in [0.1, 0.15) is 5.82 Å². The van der Waals surface area contributed by atoms with E-state index >= 15 is 0 Å². The zero-order valence-electron chi connectivity index (χ0n) is 16.6. The molecule has 0 radical (unpaired) electrons. The highest BCUT2D eigenvalue weighted by Gasteiger charge is 2.26. The molecule has 0 heterocycles. The summed E-state index contributed by atoms with van der Waals surface area (Å²) in [6.45, 7) is 1.88. The molecule has 30 heavy (non-hydrogen) atoms. The second kappa shape index (κ2) is 9.65. The third kappa shape index (κ3) is 5.75. The molecule has 0 aliphatic rings. The van der Waals surface area contributed by atoms with Gasteiger partial charge in [-0.1, -0.05) is 60.2 Å². The lowest BCUT2D eigenvalue weighted by molar-refractivity contribution is -0.121. The van der Waals surface area contributed by atoms with Gasteiger partial charge < -0.3 is 5.32 Å². The molecule has 5 nitrogen and oxygen atoms in total. The molecule has 3 aromatic rings. The predicted octanol–water partition coefficient (Wildman–Crippen LogP) is 3.64. The minimum absolute atomic E-state index is 0.0462. The van der Waals surface area contributed by atoms with Crippen molar-refractivity contribution in [2.24, 2.45) is 0 Å². The minimum atomic E-state index is -3.91. The summed E-state index contributed by atoms with van der Waals surface area (Å²) in [6.07, 6.45) is 0. The Morgan fingerprint density at radius 3 is 2.13 bits per heavy atom. The highest BCUT2D eigenvalue weighted by atomic mass is 32.2. The third-order valence-corrected chi connectivity index (χ3v) is 6.39. The summed E-state index contributed by atoms with van der Waals surface area (Å²) in [7, 11) is -3.91. The Labute approximate surface area is 176 Å². The first-order chi connectivity index (χ1) is 14.3. The van der Waals surface area contributed by atoms with Crippen molar-refractivity contribution in [2.45, 2.75) is 24.9 Å². The first kappa shape index (κ1) is 21.7. The fourth-order valence-corrected chi connectivity index (χ4v) is 4.29. The van der Waals surface area contributed by atoms with Crippen LogP contribution in [0.5, 0.6) is 0 Å². The maximum absolute atomic E-state index is 13.2. The Bertz CT molecular complexity index is 1080. The van der Waals surface area contributed by atoms with Crippen LogP contribution >= 0.6 is 0 Å². The number of hydrogen-bond acceptors (Lipinski definition) is 3. The number of sulfonamides is 1. The van der Waals surface area contributed by atoms with Crippen LogP contribution in [-0.4, -0.2) is 25.2 Å². The molecule has 1 N–H and O–H groups in total. The van der Waals surface area contributed by atoms with Crippen LogP contribution in [0.2, 0.25) is 0 Å². The third-order valence-electron chi connectivity index (χ3n) is 4.58. The molecule has 0 aliphatic carbocycles. The Balaban J connectivity index is 1.77. The van der Waals surface area contributed by atoms with Gasteiger partial charge in [0.15, 0.2) is 0 Å². The van der Waals surface area contributed by atoms with Crippen LogP contribution in [0.15, 0.2) is 83.8 Å². The van der Waals surface area contributed by atoms with Crippen molar-refractivity contribution in [3.05, 3.63) is 101 Å². The number of nitrogens with one attached hydrogen (secondary N) is 1. The van der Waals surface area contributed by atoms with E-state index in [0.29, 0.717) is 12.1 Å². The van der Waals surface area contributed by atoms with E-state index in [2.05, 4.69) is 5.32 Å². The summed E-state index contributed by atoms with van der Waals surface area (Å²) in [6, 6.07) is 21.2. The standard InChI is InChI=1S/C23H23FN2O3S/c1-18-7-9-19(10-8-18)15-25-23(27)17-26(16-20-11-13-21(24)14-12-20)30(28,29)22-5-3-2-4-6-22/h2-14H,15-17H2,1H3,(H,25,27). The van der Waals surface area contributed by atoms with E-state index < -0.39 is 21.7 Å². The van der Waals surface area contributed by atoms with Crippen molar-refractivity contribution in [2.75, 3.05) is 6.54 Å². The molecule has 0 bridgehead atoms. The van der Waals surface area contributed by atoms with Gasteiger partial charge in [0.2, 0.25) is 15.9 Å². The predicted molar refractivity (Wildman–Crippen MR) is 113 cm³/mol. The highest BCUT2D eigenvalue weighted by molar-refractivity contribution is 7.89. The second-order valence-corrected chi connectivity index (χ2v) is 8.91. The van der Waals surface area contributed by atoms with E-state index in [9.17, 15) is 17.6 Å². The van der Waals surface area contributed by atoms with Crippen LogP contribution < -0.4 is 5.32 Å². The van der Waals surface area contributed by atoms with Crippen LogP contribution in [-0.2, 0) is 27.9 Å². The smallest absolute Gasteiger partial charge is 0.243 e. The molecule has 0 saturated carbocycles. The Kier molecular flexibility index (Phi) is 6.97. The number of benzene rings is 3. The van der Waals surface area contributed by atoms with Crippen molar-refractivity contribution in [1.82, 2.24) is 9.62 Å². The first-order valence-electron chi connectivity index (χ1n) is 9.46. The number of rotatable bonds is 8. The number of carbonyl (C=O) groups excluding carboxylic acids is 1. The van der Waals surface area contributed by atoms with Crippen LogP contribution in [0.1, 0.15) is 16.7 Å². The molecule has 1 amide bonds. The number of nitrogens with zero attached hydrogens (tertiary/aromatic N) is 1. The number of amides is 1. The van der Waals surface area contributed by atoms with Crippen molar-refractivity contribution < 1.29 is 17.6 Å². The zero-order valence-corrected chi connectivity index (χ0v) is 17.4. The number of halogens is 1. The van der Waals surface area contributed by atoms with E-state index in [0.717, 1.165) is 15.4 Å². The average molecular weight is 427 g/mol. The Morgan fingerprint density at radius 2 is 1.50 bits per heavy atom. The largest absolute Gasteiger partial charge is 0.351 e. The van der Waals surface area contributed by atoms with Crippen LogP contribution in [0.25, 0.3) is 0 Å². The fraction of sp³-hybridized carbons (Fsp3) is 0.174. The van der Waals surface area contributed by atoms with Gasteiger partial charge in [-0.15, -0.1) is 0 Å². The molecule has 0 fully saturated rings. The molecule has 156 valence electrons. The first-order valence-corrected chi connectivity index (χ1v) is 10.9. The average Bonchev–Trinajstić information content (AvgIpc) is 2.75. The van der Waals surface area contributed by atoms with Crippen LogP contribution in [0.3, 0.4) is 0 Å². The summed E-state index contributed by atoms with van der Waals surface area (Å²) >= 11 is 0. The number of aryl methyl sites for hydroxylation is 1. The lowest BCUT2D eigenvalue weighted by atomic mass is 10.1. The molecular formula is C23H23FN2O3S. The van der Waals surface area contributed by atoms with Gasteiger partial charge in [-0.3, -0.25) is 4.79 Å². The molecule has 0 atom stereocenters. The maximum Gasteiger partial charge on any atom is 0.243 e. The SMILES string of the molecule is Cc1ccc(CNC(=O)CN(Cc2ccc(F)cc2)S(=O)(=O)c2ccccc2)cc1. The van der Waals surface area contributed by atoms with Gasteiger partial charge in [-0.2, -0.15) is 4.31 Å². The van der Waals surface area contributed by atoms with E-state index in [-0.39, 0.29) is 18.0 Å². The summed E-state index contributed by atoms with van der Waals surface area (Å²) in [4.78, 5) is 12.6. The lowest BCUT2D eigenvalue weighted by Crippen LogP contribution is -2.40. The van der Waals surface area contributed by atoms with Crippen molar-refractivity contribution in [1.29, 1.82) is 0 Å². The summed E-state index contributed by atoms with van der Waals surface area (Å²) in [5.74, 6) is -0.829. The van der Waals surface area contributed by atoms with Crippen molar-refractivity contribution in [3.8, 4) is 0 Å². The van der Waals surface area contributed by atoms with Gasteiger partial charge >= 0.3 is 0 Å². The number of hydrogen-bond donors (Lipinski definition) is 1. The lowest BCUT2D eigenvalue weighted by Gasteiger charge is -2.22. The molecule has 7 heteroatoms. The summed E-state index contributed by atoms with van der Waals surface area (Å²) < 4.78 is 40.6. The topological polar surface area (TPSA) is 66.5 Å². The minimum Gasteiger partial charge on any atom is -0.351 e. The van der Waals surface area contributed by atoms with Gasteiger partial charge in [0, 0.05) is 13.1 Å². The molecular weight excluding hydrogens is 403 g/mol. The molecule has 3 aromatic carbocycles. The maximum atomic E-state index is 13.2. The van der Waals surface area contributed by atoms with Crippen LogP contribution in [0.4, 0.5) is 4.39 Å². The normalized spacial score (nSPS) is 11.4. The van der Waals surface area contributed by atoms with Gasteiger partial charge in [-0.25, -0.2) is 12.8 Å². The van der Waals surface area contributed by atoms with Crippen molar-refractivity contribution in [3.63, 3.8) is 0 Å². The summed E-state index contributed by atoms with van der Waals surface area (Å²) in [5, 5.41) is 2.76. The molecule has 0 aliphatic heterocycles. The monoisotopic (exact) mass is 426 g/mol. The quantitative estimate of drug-likeness (QED) is 0.598. The van der Waals surface area contributed by atoms with Crippen molar-refractivity contribution >= 4 is 15.9 Å². The van der Waals surface area contributed by atoms with Crippen LogP contribution in [0, 0.1) is 12.7 Å². The van der Waals surface area contributed by atoms with E-state index in [4.69, 9.17) is 0 Å². The highest BCUT2D eigenvalue weighted by Crippen LogP contribution is 2.18. The van der Waals surface area contributed by atoms with Gasteiger partial charge in [0.05, 0.1) is 11.4 Å². The fourth-order valence-electron chi connectivity index (χ4n) is 2.88. The zero-order chi connectivity index (χ0) is 21.6. The van der Waals surface area contributed by atoms with E-state index in [1.807, 2.05) is 31.2 Å². The molecule has 0 spiro atoms. The van der Waals surface area contributed by atoms with E-state index in [1.54, 1.807) is 18.2 Å². The van der Waals surface area contributed by atoms with Gasteiger partial charge in [-0.05, 0) is 42.3 Å². The molecule has 0 saturated heterocycles. The van der Waals surface area contributed by atoms with E-state index in [1.165, 1.54) is 36.4 Å². The molecule has 0 aromatic heterocycles.